The minimum Gasteiger partial charge on any atom is -0.346 e. The van der Waals surface area contributed by atoms with E-state index in [9.17, 15) is 4.79 Å². The Labute approximate surface area is 139 Å². The van der Waals surface area contributed by atoms with Crippen LogP contribution < -0.4 is 5.32 Å². The third-order valence-corrected chi connectivity index (χ3v) is 5.94. The number of hydrogen-bond acceptors (Lipinski definition) is 4. The Morgan fingerprint density at radius 2 is 2.26 bits per heavy atom. The summed E-state index contributed by atoms with van der Waals surface area (Å²) in [6, 6.07) is 2.20. The van der Waals surface area contributed by atoms with Crippen LogP contribution in [0.3, 0.4) is 0 Å². The molecule has 3 saturated heterocycles. The number of pyridine rings is 1. The lowest BCUT2D eigenvalue weighted by molar-refractivity contribution is 0.0619. The van der Waals surface area contributed by atoms with Gasteiger partial charge in [0, 0.05) is 35.1 Å². The Bertz CT molecular complexity index is 809. The van der Waals surface area contributed by atoms with Crippen LogP contribution in [0.25, 0.3) is 10.1 Å². The molecule has 0 unspecified atom stereocenters. The summed E-state index contributed by atoms with van der Waals surface area (Å²) in [6.45, 7) is 5.15. The van der Waals surface area contributed by atoms with Crippen LogP contribution in [0, 0.1) is 17.8 Å². The second-order valence-corrected chi connectivity index (χ2v) is 7.16. The fraction of sp³-hybridized carbons (Fsp3) is 0.444. The van der Waals surface area contributed by atoms with Crippen LogP contribution in [-0.4, -0.2) is 41.5 Å². The molecule has 2 aromatic rings. The predicted octanol–water partition coefficient (Wildman–Crippen LogP) is 2.49. The normalized spacial score (nSPS) is 25.9. The molecule has 3 aliphatic heterocycles. The highest BCUT2D eigenvalue weighted by atomic mass is 32.1. The van der Waals surface area contributed by atoms with Crippen molar-refractivity contribution < 1.29 is 4.79 Å². The van der Waals surface area contributed by atoms with Gasteiger partial charge in [0.1, 0.15) is 5.69 Å². The number of rotatable bonds is 2. The zero-order chi connectivity index (χ0) is 15.8. The van der Waals surface area contributed by atoms with E-state index in [4.69, 9.17) is 0 Å². The maximum Gasteiger partial charge on any atom is 0.271 e. The van der Waals surface area contributed by atoms with E-state index in [2.05, 4.69) is 27.0 Å². The van der Waals surface area contributed by atoms with E-state index >= 15 is 0 Å². The number of nitrogens with one attached hydrogen (secondary N) is 1. The van der Waals surface area contributed by atoms with Crippen LogP contribution in [0.2, 0.25) is 0 Å². The summed E-state index contributed by atoms with van der Waals surface area (Å²) < 4.78 is 0.934. The predicted molar refractivity (Wildman–Crippen MR) is 92.6 cm³/mol. The highest BCUT2D eigenvalue weighted by Gasteiger charge is 2.35. The molecule has 23 heavy (non-hydrogen) atoms. The van der Waals surface area contributed by atoms with Gasteiger partial charge in [0.2, 0.25) is 0 Å². The number of carbonyl (C=O) groups is 1. The summed E-state index contributed by atoms with van der Waals surface area (Å²) in [5.41, 5.74) is 1.51. The Kier molecular flexibility index (Phi) is 3.80. The summed E-state index contributed by atoms with van der Waals surface area (Å²) in [5.74, 6) is 6.59. The van der Waals surface area contributed by atoms with Crippen molar-refractivity contribution in [1.82, 2.24) is 15.2 Å². The van der Waals surface area contributed by atoms with E-state index in [1.807, 2.05) is 18.4 Å². The van der Waals surface area contributed by atoms with E-state index in [0.717, 1.165) is 22.2 Å². The quantitative estimate of drug-likeness (QED) is 0.863. The summed E-state index contributed by atoms with van der Waals surface area (Å²) in [4.78, 5) is 19.5. The first-order valence-electron chi connectivity index (χ1n) is 8.08. The molecule has 5 heterocycles. The van der Waals surface area contributed by atoms with Gasteiger partial charge in [-0.15, -0.1) is 17.3 Å². The van der Waals surface area contributed by atoms with E-state index in [1.54, 1.807) is 17.5 Å². The molecular formula is C18H19N3OS. The molecule has 0 radical (unpaired) electrons. The molecule has 3 fully saturated rings. The topological polar surface area (TPSA) is 45.2 Å². The van der Waals surface area contributed by atoms with Gasteiger partial charge in [0.05, 0.1) is 4.70 Å². The summed E-state index contributed by atoms with van der Waals surface area (Å²) in [6.07, 6.45) is 4.09. The lowest BCUT2D eigenvalue weighted by Gasteiger charge is -2.44. The molecule has 2 bridgehead atoms. The maximum atomic E-state index is 12.7. The van der Waals surface area contributed by atoms with Crippen molar-refractivity contribution in [3.8, 4) is 11.8 Å². The van der Waals surface area contributed by atoms with Gasteiger partial charge in [-0.3, -0.25) is 4.79 Å². The van der Waals surface area contributed by atoms with Crippen molar-refractivity contribution >= 4 is 27.3 Å². The first-order valence-corrected chi connectivity index (χ1v) is 8.96. The van der Waals surface area contributed by atoms with Gasteiger partial charge in [-0.05, 0) is 44.8 Å². The van der Waals surface area contributed by atoms with Gasteiger partial charge in [-0.2, -0.15) is 0 Å². The van der Waals surface area contributed by atoms with Gasteiger partial charge >= 0.3 is 0 Å². The molecule has 1 N–H and O–H groups in total. The van der Waals surface area contributed by atoms with Crippen LogP contribution in [0.1, 0.15) is 35.8 Å². The largest absolute Gasteiger partial charge is 0.346 e. The second kappa shape index (κ2) is 5.95. The van der Waals surface area contributed by atoms with Gasteiger partial charge in [0.15, 0.2) is 0 Å². The van der Waals surface area contributed by atoms with Crippen LogP contribution in [0.15, 0.2) is 17.6 Å². The zero-order valence-electron chi connectivity index (χ0n) is 13.1. The van der Waals surface area contributed by atoms with Crippen molar-refractivity contribution in [3.05, 3.63) is 28.9 Å². The summed E-state index contributed by atoms with van der Waals surface area (Å²) >= 11 is 1.55. The first-order chi connectivity index (χ1) is 11.3. The SMILES string of the molecule is CC#Cc1csc2c(C(=O)N[C@H]3CN4CCC3CC4)nccc12. The van der Waals surface area contributed by atoms with E-state index in [0.29, 0.717) is 11.6 Å². The monoisotopic (exact) mass is 325 g/mol. The smallest absolute Gasteiger partial charge is 0.271 e. The number of amides is 1. The zero-order valence-corrected chi connectivity index (χ0v) is 13.9. The Hall–Kier alpha value is -1.90. The first kappa shape index (κ1) is 14.7. The van der Waals surface area contributed by atoms with Crippen molar-refractivity contribution in [2.24, 2.45) is 5.92 Å². The molecule has 0 aromatic carbocycles. The van der Waals surface area contributed by atoms with Crippen molar-refractivity contribution in [2.45, 2.75) is 25.8 Å². The number of fused-ring (bicyclic) bond motifs is 4. The molecule has 2 aromatic heterocycles. The summed E-state index contributed by atoms with van der Waals surface area (Å²) in [5, 5.41) is 6.26. The van der Waals surface area contributed by atoms with Crippen molar-refractivity contribution in [2.75, 3.05) is 19.6 Å². The van der Waals surface area contributed by atoms with Crippen LogP contribution in [-0.2, 0) is 0 Å². The van der Waals surface area contributed by atoms with E-state index in [-0.39, 0.29) is 11.9 Å². The van der Waals surface area contributed by atoms with Crippen molar-refractivity contribution in [1.29, 1.82) is 0 Å². The number of carbonyl (C=O) groups excluding carboxylic acids is 1. The van der Waals surface area contributed by atoms with E-state index in [1.165, 1.54) is 25.9 Å². The van der Waals surface area contributed by atoms with Gasteiger partial charge in [-0.25, -0.2) is 4.98 Å². The number of hydrogen-bond donors (Lipinski definition) is 1. The Balaban J connectivity index is 1.61. The molecular weight excluding hydrogens is 306 g/mol. The van der Waals surface area contributed by atoms with E-state index < -0.39 is 0 Å². The molecule has 1 atom stereocenters. The molecule has 5 rings (SSSR count). The lowest BCUT2D eigenvalue weighted by atomic mass is 9.84. The molecule has 1 amide bonds. The average Bonchev–Trinajstić information content (AvgIpc) is 2.99. The van der Waals surface area contributed by atoms with Crippen LogP contribution in [0.4, 0.5) is 0 Å². The third kappa shape index (κ3) is 2.62. The highest BCUT2D eigenvalue weighted by Crippen LogP contribution is 2.30. The Morgan fingerprint density at radius 1 is 1.43 bits per heavy atom. The second-order valence-electron chi connectivity index (χ2n) is 6.28. The van der Waals surface area contributed by atoms with Gasteiger partial charge in [-0.1, -0.05) is 5.92 Å². The third-order valence-electron chi connectivity index (χ3n) is 4.94. The minimum absolute atomic E-state index is 0.0489. The summed E-state index contributed by atoms with van der Waals surface area (Å²) in [7, 11) is 0. The maximum absolute atomic E-state index is 12.7. The number of nitrogens with zero attached hydrogens (tertiary/aromatic N) is 2. The molecule has 3 aliphatic rings. The Morgan fingerprint density at radius 3 is 2.96 bits per heavy atom. The lowest BCUT2D eigenvalue weighted by Crippen LogP contribution is -2.57. The van der Waals surface area contributed by atoms with Crippen LogP contribution in [0.5, 0.6) is 0 Å². The molecule has 0 aliphatic carbocycles. The number of aromatic nitrogens is 1. The molecule has 4 nitrogen and oxygen atoms in total. The number of thiophene rings is 1. The molecule has 5 heteroatoms. The molecule has 0 saturated carbocycles. The molecule has 118 valence electrons. The average molecular weight is 325 g/mol. The fourth-order valence-electron chi connectivity index (χ4n) is 3.72. The molecule has 0 spiro atoms. The van der Waals surface area contributed by atoms with Crippen molar-refractivity contribution in [3.63, 3.8) is 0 Å². The minimum atomic E-state index is -0.0489. The number of piperidine rings is 3. The van der Waals surface area contributed by atoms with Gasteiger partial charge < -0.3 is 10.2 Å². The fourth-order valence-corrected chi connectivity index (χ4v) is 4.70. The highest BCUT2D eigenvalue weighted by molar-refractivity contribution is 7.17. The van der Waals surface area contributed by atoms with Gasteiger partial charge in [0.25, 0.3) is 5.91 Å². The standard InChI is InChI=1S/C18H19N3OS/c1-2-3-13-11-23-17-14(13)4-7-19-16(17)18(22)20-15-10-21-8-5-12(15)6-9-21/h4,7,11-12,15H,5-6,8-10H2,1H3,(H,20,22)/t15-/m0/s1. The van der Waals surface area contributed by atoms with Crippen LogP contribution >= 0.6 is 11.3 Å².